The van der Waals surface area contributed by atoms with Gasteiger partial charge in [0.25, 0.3) is 0 Å². The van der Waals surface area contributed by atoms with E-state index in [1.165, 1.54) is 0 Å². The van der Waals surface area contributed by atoms with Crippen molar-refractivity contribution in [1.29, 1.82) is 0 Å². The molecular weight excluding hydrogens is 330 g/mol. The Hall–Kier alpha value is 0.340. The van der Waals surface area contributed by atoms with Gasteiger partial charge in [-0.1, -0.05) is 29.8 Å². The largest absolute Gasteiger partial charge is 0.229 e. The Balaban J connectivity index is 4.11. The molecule has 0 aliphatic heterocycles. The summed E-state index contributed by atoms with van der Waals surface area (Å²) < 4.78 is 47.1. The van der Waals surface area contributed by atoms with Crippen molar-refractivity contribution in [2.45, 2.75) is 25.1 Å². The van der Waals surface area contributed by atoms with Gasteiger partial charge >= 0.3 is 0 Å². The lowest BCUT2D eigenvalue weighted by molar-refractivity contribution is 0.551. The number of hydrogen-bond acceptors (Lipinski definition) is 4. The van der Waals surface area contributed by atoms with E-state index in [1.807, 2.05) is 13.8 Å². The van der Waals surface area contributed by atoms with Crippen LogP contribution in [0.15, 0.2) is 0 Å². The highest BCUT2D eigenvalue weighted by Crippen LogP contribution is 2.11. The average molecular weight is 350 g/mol. The molecule has 0 radical (unpaired) electrons. The van der Waals surface area contributed by atoms with Crippen LogP contribution in [0.5, 0.6) is 0 Å². The number of nitrogens with one attached hydrogen (secondary N) is 1. The molecule has 0 amide bonds. The third-order valence-corrected chi connectivity index (χ3v) is 5.22. The SMILES string of the molecule is CC(C)CC(Br)CNS(=O)(=O)CCS(C)(=O)=O. The first-order valence-electron chi connectivity index (χ1n) is 5.31. The maximum absolute atomic E-state index is 11.5. The Morgan fingerprint density at radius 1 is 1.12 bits per heavy atom. The van der Waals surface area contributed by atoms with Crippen molar-refractivity contribution in [2.24, 2.45) is 5.92 Å². The first-order chi connectivity index (χ1) is 7.52. The molecule has 0 saturated heterocycles. The highest BCUT2D eigenvalue weighted by molar-refractivity contribution is 9.09. The van der Waals surface area contributed by atoms with Crippen LogP contribution in [0.2, 0.25) is 0 Å². The third kappa shape index (κ3) is 11.2. The lowest BCUT2D eigenvalue weighted by atomic mass is 10.1. The zero-order valence-corrected chi connectivity index (χ0v) is 13.5. The molecule has 0 aromatic heterocycles. The summed E-state index contributed by atoms with van der Waals surface area (Å²) >= 11 is 3.38. The van der Waals surface area contributed by atoms with E-state index in [9.17, 15) is 16.8 Å². The predicted octanol–water partition coefficient (Wildman–Crippen LogP) is 0.760. The highest BCUT2D eigenvalue weighted by Gasteiger charge is 2.16. The lowest BCUT2D eigenvalue weighted by Crippen LogP contribution is -2.34. The van der Waals surface area contributed by atoms with Crippen LogP contribution in [-0.2, 0) is 19.9 Å². The van der Waals surface area contributed by atoms with Gasteiger partial charge in [-0.3, -0.25) is 0 Å². The second kappa shape index (κ2) is 7.06. The summed E-state index contributed by atoms with van der Waals surface area (Å²) in [5, 5.41) is 0. The first-order valence-corrected chi connectivity index (χ1v) is 9.94. The van der Waals surface area contributed by atoms with Crippen molar-refractivity contribution >= 4 is 35.8 Å². The molecule has 0 spiro atoms. The van der Waals surface area contributed by atoms with Crippen LogP contribution >= 0.6 is 15.9 Å². The molecule has 104 valence electrons. The van der Waals surface area contributed by atoms with Gasteiger partial charge < -0.3 is 0 Å². The van der Waals surface area contributed by atoms with Gasteiger partial charge in [-0.05, 0) is 12.3 Å². The number of alkyl halides is 1. The van der Waals surface area contributed by atoms with Crippen LogP contribution in [-0.4, -0.2) is 46.0 Å². The Bertz CT molecular complexity index is 416. The minimum Gasteiger partial charge on any atom is -0.229 e. The molecule has 0 aliphatic carbocycles. The van der Waals surface area contributed by atoms with E-state index in [0.717, 1.165) is 12.7 Å². The molecule has 0 heterocycles. The maximum Gasteiger partial charge on any atom is 0.212 e. The summed E-state index contributed by atoms with van der Waals surface area (Å²) in [4.78, 5) is 0.0653. The third-order valence-electron chi connectivity index (χ3n) is 1.97. The predicted molar refractivity (Wildman–Crippen MR) is 73.7 cm³/mol. The van der Waals surface area contributed by atoms with E-state index in [0.29, 0.717) is 5.92 Å². The summed E-state index contributed by atoms with van der Waals surface area (Å²) in [6.07, 6.45) is 1.88. The van der Waals surface area contributed by atoms with Crippen molar-refractivity contribution in [3.8, 4) is 0 Å². The Morgan fingerprint density at radius 3 is 2.06 bits per heavy atom. The number of rotatable bonds is 8. The minimum absolute atomic E-state index is 0.0653. The number of sulfonamides is 1. The molecule has 1 atom stereocenters. The van der Waals surface area contributed by atoms with E-state index in [2.05, 4.69) is 20.7 Å². The fourth-order valence-electron chi connectivity index (χ4n) is 1.15. The molecule has 0 bridgehead atoms. The van der Waals surface area contributed by atoms with Gasteiger partial charge in [-0.2, -0.15) is 0 Å². The van der Waals surface area contributed by atoms with E-state index < -0.39 is 19.9 Å². The van der Waals surface area contributed by atoms with Gasteiger partial charge in [0, 0.05) is 17.6 Å². The van der Waals surface area contributed by atoms with E-state index in [4.69, 9.17) is 0 Å². The van der Waals surface area contributed by atoms with E-state index in [-0.39, 0.29) is 22.9 Å². The lowest BCUT2D eigenvalue weighted by Gasteiger charge is -2.13. The van der Waals surface area contributed by atoms with Crippen molar-refractivity contribution in [3.63, 3.8) is 0 Å². The smallest absolute Gasteiger partial charge is 0.212 e. The van der Waals surface area contributed by atoms with Gasteiger partial charge in [0.2, 0.25) is 10.0 Å². The molecule has 5 nitrogen and oxygen atoms in total. The van der Waals surface area contributed by atoms with Gasteiger partial charge in [0.15, 0.2) is 0 Å². The van der Waals surface area contributed by atoms with Gasteiger partial charge in [-0.15, -0.1) is 0 Å². The zero-order chi connectivity index (χ0) is 13.7. The average Bonchev–Trinajstić information content (AvgIpc) is 2.10. The number of halogens is 1. The van der Waals surface area contributed by atoms with Crippen LogP contribution in [0.1, 0.15) is 20.3 Å². The summed E-state index contributed by atoms with van der Waals surface area (Å²) in [5.41, 5.74) is 0. The zero-order valence-electron chi connectivity index (χ0n) is 10.3. The molecule has 1 unspecified atom stereocenters. The van der Waals surface area contributed by atoms with E-state index in [1.54, 1.807) is 0 Å². The Kier molecular flexibility index (Phi) is 7.20. The van der Waals surface area contributed by atoms with Crippen molar-refractivity contribution in [1.82, 2.24) is 4.72 Å². The van der Waals surface area contributed by atoms with E-state index >= 15 is 0 Å². The summed E-state index contributed by atoms with van der Waals surface area (Å²) in [7, 11) is -6.75. The molecule has 1 N–H and O–H groups in total. The van der Waals surface area contributed by atoms with Crippen molar-refractivity contribution in [3.05, 3.63) is 0 Å². The molecule has 0 rings (SSSR count). The highest BCUT2D eigenvalue weighted by atomic mass is 79.9. The van der Waals surface area contributed by atoms with Crippen LogP contribution in [0, 0.1) is 5.92 Å². The van der Waals surface area contributed by atoms with Crippen LogP contribution in [0.3, 0.4) is 0 Å². The molecule has 0 saturated carbocycles. The quantitative estimate of drug-likeness (QED) is 0.656. The van der Waals surface area contributed by atoms with Crippen LogP contribution in [0.4, 0.5) is 0 Å². The fraction of sp³-hybridized carbons (Fsp3) is 1.00. The summed E-state index contributed by atoms with van der Waals surface area (Å²) in [6.45, 7) is 4.38. The molecule has 17 heavy (non-hydrogen) atoms. The minimum atomic E-state index is -3.50. The molecule has 0 aromatic rings. The first kappa shape index (κ1) is 17.3. The second-order valence-electron chi connectivity index (χ2n) is 4.52. The molecule has 8 heteroatoms. The summed E-state index contributed by atoms with van der Waals surface area (Å²) in [6, 6.07) is 0. The Labute approximate surface area is 112 Å². The fourth-order valence-corrected chi connectivity index (χ4v) is 4.96. The molecule has 0 aliphatic rings. The second-order valence-corrected chi connectivity index (χ2v) is 10.0. The number of hydrogen-bond donors (Lipinski definition) is 1. The van der Waals surface area contributed by atoms with Crippen molar-refractivity contribution in [2.75, 3.05) is 24.3 Å². The standard InChI is InChI=1S/C9H20BrNO4S2/c1-8(2)6-9(10)7-11-17(14,15)5-4-16(3,12)13/h8-9,11H,4-7H2,1-3H3. The van der Waals surface area contributed by atoms with Crippen LogP contribution < -0.4 is 4.72 Å². The molecule has 0 aromatic carbocycles. The number of sulfone groups is 1. The van der Waals surface area contributed by atoms with Crippen molar-refractivity contribution < 1.29 is 16.8 Å². The maximum atomic E-state index is 11.5. The van der Waals surface area contributed by atoms with Crippen LogP contribution in [0.25, 0.3) is 0 Å². The van der Waals surface area contributed by atoms with Gasteiger partial charge in [0.1, 0.15) is 9.84 Å². The molecule has 0 fully saturated rings. The topological polar surface area (TPSA) is 80.3 Å². The van der Waals surface area contributed by atoms with Gasteiger partial charge in [-0.25, -0.2) is 21.6 Å². The summed E-state index contributed by atoms with van der Waals surface area (Å²) in [5.74, 6) is -0.257. The molecular formula is C9H20BrNO4S2. The monoisotopic (exact) mass is 349 g/mol. The normalized spacial score (nSPS) is 15.1. The Morgan fingerprint density at radius 2 is 1.65 bits per heavy atom. The van der Waals surface area contributed by atoms with Gasteiger partial charge in [0.05, 0.1) is 11.5 Å².